The van der Waals surface area contributed by atoms with Gasteiger partial charge in [-0.05, 0) is 30.7 Å². The van der Waals surface area contributed by atoms with Crippen LogP contribution in [0.5, 0.6) is 0 Å². The van der Waals surface area contributed by atoms with Gasteiger partial charge >= 0.3 is 0 Å². The Kier molecular flexibility index (Phi) is 6.15. The van der Waals surface area contributed by atoms with Crippen LogP contribution in [0.25, 0.3) is 0 Å². The average molecular weight is 378 g/mol. The second-order valence-electron chi connectivity index (χ2n) is 6.03. The predicted molar refractivity (Wildman–Crippen MR) is 107 cm³/mol. The quantitative estimate of drug-likeness (QED) is 0.642. The molecule has 1 fully saturated rings. The molecule has 1 aliphatic heterocycles. The normalized spacial score (nSPS) is 15.7. The number of guanidine groups is 1. The predicted octanol–water partition coefficient (Wildman–Crippen LogP) is 3.04. The van der Waals surface area contributed by atoms with E-state index in [4.69, 9.17) is 17.3 Å². The number of hydrogen-bond donors (Lipinski definition) is 1. The number of thiazole rings is 1. The van der Waals surface area contributed by atoms with E-state index in [1.807, 2.05) is 12.1 Å². The third-order valence-electron chi connectivity index (χ3n) is 4.34. The molecular formula is C18H24ClN5S. The lowest BCUT2D eigenvalue weighted by molar-refractivity contribution is 0.381. The van der Waals surface area contributed by atoms with Crippen molar-refractivity contribution in [2.24, 2.45) is 10.7 Å². The fourth-order valence-electron chi connectivity index (χ4n) is 2.86. The van der Waals surface area contributed by atoms with Crippen LogP contribution in [0.1, 0.15) is 17.6 Å². The molecule has 0 radical (unpaired) electrons. The number of benzene rings is 1. The molecule has 1 aromatic carbocycles. The van der Waals surface area contributed by atoms with Crippen molar-refractivity contribution in [1.82, 2.24) is 9.88 Å². The molecule has 1 saturated heterocycles. The lowest BCUT2D eigenvalue weighted by atomic mass is 10.2. The molecule has 2 aromatic rings. The molecule has 0 saturated carbocycles. The van der Waals surface area contributed by atoms with Gasteiger partial charge in [0.1, 0.15) is 0 Å². The summed E-state index contributed by atoms with van der Waals surface area (Å²) in [5.74, 6) is 0.640. The Morgan fingerprint density at radius 3 is 2.60 bits per heavy atom. The fourth-order valence-corrected chi connectivity index (χ4v) is 3.76. The van der Waals surface area contributed by atoms with Crippen LogP contribution in [0.2, 0.25) is 5.02 Å². The summed E-state index contributed by atoms with van der Waals surface area (Å²) < 4.78 is 0. The highest BCUT2D eigenvalue weighted by Crippen LogP contribution is 2.19. The van der Waals surface area contributed by atoms with E-state index in [1.54, 1.807) is 11.3 Å². The average Bonchev–Trinajstić information content (AvgIpc) is 3.10. The van der Waals surface area contributed by atoms with E-state index in [0.717, 1.165) is 49.7 Å². The minimum atomic E-state index is 0.640. The zero-order valence-electron chi connectivity index (χ0n) is 14.5. The first-order valence-corrected chi connectivity index (χ1v) is 9.90. The Balaban J connectivity index is 1.47. The highest BCUT2D eigenvalue weighted by atomic mass is 35.5. The van der Waals surface area contributed by atoms with Crippen molar-refractivity contribution in [1.29, 1.82) is 0 Å². The van der Waals surface area contributed by atoms with Crippen LogP contribution in [0.4, 0.5) is 5.69 Å². The summed E-state index contributed by atoms with van der Waals surface area (Å²) in [6.45, 7) is 6.45. The molecule has 134 valence electrons. The molecule has 0 atom stereocenters. The van der Waals surface area contributed by atoms with Crippen LogP contribution in [0.3, 0.4) is 0 Å². The second-order valence-corrected chi connectivity index (χ2v) is 7.41. The Hall–Kier alpha value is -1.79. The summed E-state index contributed by atoms with van der Waals surface area (Å²) in [7, 11) is 0. The van der Waals surface area contributed by atoms with Gasteiger partial charge in [0.2, 0.25) is 0 Å². The monoisotopic (exact) mass is 377 g/mol. The number of halogens is 1. The summed E-state index contributed by atoms with van der Waals surface area (Å²) in [4.78, 5) is 13.6. The van der Waals surface area contributed by atoms with E-state index in [1.165, 1.54) is 10.7 Å². The summed E-state index contributed by atoms with van der Waals surface area (Å²) in [5.41, 5.74) is 8.49. The lowest BCUT2D eigenvalue weighted by Gasteiger charge is -2.36. The highest BCUT2D eigenvalue weighted by Gasteiger charge is 2.18. The van der Waals surface area contributed by atoms with Crippen LogP contribution in [0, 0.1) is 0 Å². The van der Waals surface area contributed by atoms with Crippen molar-refractivity contribution in [2.45, 2.75) is 19.8 Å². The molecular weight excluding hydrogens is 354 g/mol. The molecule has 3 rings (SSSR count). The second kappa shape index (κ2) is 8.54. The number of hydrogen-bond acceptors (Lipinski definition) is 4. The zero-order chi connectivity index (χ0) is 17.6. The summed E-state index contributed by atoms with van der Waals surface area (Å²) in [6, 6.07) is 7.99. The first kappa shape index (κ1) is 18.0. The molecule has 2 heterocycles. The standard InChI is InChI=1S/C18H24ClN5S/c1-2-17-22-15(13-25-17)7-8-21-18(20)24-11-9-23(10-12-24)16-5-3-14(19)4-6-16/h3-6,13H,2,7-12H2,1H3,(H2,20,21). The first-order valence-electron chi connectivity index (χ1n) is 8.64. The molecule has 1 aliphatic rings. The van der Waals surface area contributed by atoms with E-state index in [0.29, 0.717) is 12.5 Å². The van der Waals surface area contributed by atoms with Crippen molar-refractivity contribution in [3.63, 3.8) is 0 Å². The van der Waals surface area contributed by atoms with E-state index >= 15 is 0 Å². The molecule has 0 amide bonds. The molecule has 25 heavy (non-hydrogen) atoms. The van der Waals surface area contributed by atoms with Gasteiger partial charge in [-0.3, -0.25) is 4.99 Å². The summed E-state index contributed by atoms with van der Waals surface area (Å²) in [6.07, 6.45) is 1.84. The van der Waals surface area contributed by atoms with Gasteiger partial charge in [-0.15, -0.1) is 11.3 Å². The molecule has 0 spiro atoms. The van der Waals surface area contributed by atoms with Gasteiger partial charge in [0, 0.05) is 55.2 Å². The van der Waals surface area contributed by atoms with Gasteiger partial charge in [0.25, 0.3) is 0 Å². The maximum absolute atomic E-state index is 6.17. The van der Waals surface area contributed by atoms with Crippen molar-refractivity contribution in [2.75, 3.05) is 37.6 Å². The van der Waals surface area contributed by atoms with Crippen LogP contribution in [0.15, 0.2) is 34.6 Å². The number of nitrogens with zero attached hydrogens (tertiary/aromatic N) is 4. The Labute approximate surface area is 158 Å². The van der Waals surface area contributed by atoms with Crippen molar-refractivity contribution in [3.05, 3.63) is 45.4 Å². The third-order valence-corrected chi connectivity index (χ3v) is 5.63. The summed E-state index contributed by atoms with van der Waals surface area (Å²) in [5, 5.41) is 4.07. The van der Waals surface area contributed by atoms with E-state index in [-0.39, 0.29) is 0 Å². The SMILES string of the molecule is CCc1nc(CCN=C(N)N2CCN(c3ccc(Cl)cc3)CC2)cs1. The Morgan fingerprint density at radius 2 is 1.96 bits per heavy atom. The topological polar surface area (TPSA) is 57.8 Å². The smallest absolute Gasteiger partial charge is 0.191 e. The number of nitrogens with two attached hydrogens (primary N) is 1. The Bertz CT molecular complexity index is 705. The van der Waals surface area contributed by atoms with Crippen molar-refractivity contribution >= 4 is 34.6 Å². The maximum atomic E-state index is 6.17. The molecule has 5 nitrogen and oxygen atoms in total. The van der Waals surface area contributed by atoms with Crippen LogP contribution >= 0.6 is 22.9 Å². The number of anilines is 1. The minimum absolute atomic E-state index is 0.640. The van der Waals surface area contributed by atoms with E-state index < -0.39 is 0 Å². The zero-order valence-corrected chi connectivity index (χ0v) is 16.1. The molecule has 7 heteroatoms. The molecule has 0 aliphatic carbocycles. The van der Waals surface area contributed by atoms with Gasteiger partial charge in [-0.2, -0.15) is 0 Å². The maximum Gasteiger partial charge on any atom is 0.191 e. The van der Waals surface area contributed by atoms with Gasteiger partial charge < -0.3 is 15.5 Å². The summed E-state index contributed by atoms with van der Waals surface area (Å²) >= 11 is 7.68. The first-order chi connectivity index (χ1) is 12.2. The molecule has 1 aromatic heterocycles. The largest absolute Gasteiger partial charge is 0.370 e. The number of piperazine rings is 1. The van der Waals surface area contributed by atoms with Gasteiger partial charge in [-0.1, -0.05) is 18.5 Å². The van der Waals surface area contributed by atoms with Crippen molar-refractivity contribution in [3.8, 4) is 0 Å². The minimum Gasteiger partial charge on any atom is -0.370 e. The number of aryl methyl sites for hydroxylation is 1. The Morgan fingerprint density at radius 1 is 1.24 bits per heavy atom. The van der Waals surface area contributed by atoms with Crippen LogP contribution in [-0.2, 0) is 12.8 Å². The van der Waals surface area contributed by atoms with E-state index in [9.17, 15) is 0 Å². The number of rotatable bonds is 5. The highest BCUT2D eigenvalue weighted by molar-refractivity contribution is 7.09. The van der Waals surface area contributed by atoms with Gasteiger partial charge in [-0.25, -0.2) is 4.98 Å². The lowest BCUT2D eigenvalue weighted by Crippen LogP contribution is -2.51. The van der Waals surface area contributed by atoms with Crippen LogP contribution < -0.4 is 10.6 Å². The molecule has 2 N–H and O–H groups in total. The molecule has 0 bridgehead atoms. The number of aromatic nitrogens is 1. The van der Waals surface area contributed by atoms with Crippen molar-refractivity contribution < 1.29 is 0 Å². The number of aliphatic imine (C=N–C) groups is 1. The van der Waals surface area contributed by atoms with E-state index in [2.05, 4.69) is 44.2 Å². The van der Waals surface area contributed by atoms with Crippen LogP contribution in [-0.4, -0.2) is 48.6 Å². The fraction of sp³-hybridized carbons (Fsp3) is 0.444. The van der Waals surface area contributed by atoms with Gasteiger partial charge in [0.05, 0.1) is 10.7 Å². The molecule has 0 unspecified atom stereocenters. The van der Waals surface area contributed by atoms with Gasteiger partial charge in [0.15, 0.2) is 5.96 Å². The third kappa shape index (κ3) is 4.86.